The molecule has 2 aliphatic heterocycles. The number of rotatable bonds is 5. The second kappa shape index (κ2) is 8.71. The molecule has 4 aromatic rings. The summed E-state index contributed by atoms with van der Waals surface area (Å²) in [5, 5.41) is 7.47. The molecule has 0 aliphatic carbocycles. The van der Waals surface area contributed by atoms with Crippen LogP contribution in [0, 0.1) is 0 Å². The molecule has 6 rings (SSSR count). The van der Waals surface area contributed by atoms with E-state index < -0.39 is 5.66 Å². The van der Waals surface area contributed by atoms with E-state index in [0.717, 1.165) is 44.7 Å². The molecule has 0 saturated heterocycles. The fraction of sp³-hybridized carbons (Fsp3) is 0.138. The minimum absolute atomic E-state index is 0.699. The molecule has 1 atom stereocenters. The van der Waals surface area contributed by atoms with Gasteiger partial charge in [0.15, 0.2) is 23.0 Å². The second-order valence-electron chi connectivity index (χ2n) is 8.38. The van der Waals surface area contributed by atoms with Gasteiger partial charge in [-0.05, 0) is 24.3 Å². The van der Waals surface area contributed by atoms with Gasteiger partial charge >= 0.3 is 0 Å². The first kappa shape index (κ1) is 21.6. The van der Waals surface area contributed by atoms with Crippen molar-refractivity contribution >= 4 is 23.3 Å². The van der Waals surface area contributed by atoms with Crippen LogP contribution in [0.5, 0.6) is 11.5 Å². The van der Waals surface area contributed by atoms with Crippen LogP contribution < -0.4 is 14.5 Å². The monoisotopic (exact) mass is 479 g/mol. The lowest BCUT2D eigenvalue weighted by atomic mass is 9.87. The van der Waals surface area contributed by atoms with Crippen molar-refractivity contribution in [3.05, 3.63) is 120 Å². The largest absolute Gasteiger partial charge is 0.493 e. The van der Waals surface area contributed by atoms with Gasteiger partial charge in [0, 0.05) is 21.6 Å². The summed E-state index contributed by atoms with van der Waals surface area (Å²) in [7, 11) is 3.36. The summed E-state index contributed by atoms with van der Waals surface area (Å²) in [5.41, 5.74) is 3.63. The fourth-order valence-corrected chi connectivity index (χ4v) is 6.13. The van der Waals surface area contributed by atoms with Gasteiger partial charge in [0.2, 0.25) is 0 Å². The molecule has 0 aromatic heterocycles. The van der Waals surface area contributed by atoms with Crippen LogP contribution in [0.4, 0.5) is 5.69 Å². The Bertz CT molecular complexity index is 1380. The summed E-state index contributed by atoms with van der Waals surface area (Å²) in [5.74, 6) is 3.09. The maximum Gasteiger partial charge on any atom is 0.189 e. The van der Waals surface area contributed by atoms with Crippen LogP contribution in [0.3, 0.4) is 0 Å². The third-order valence-electron chi connectivity index (χ3n) is 6.57. The van der Waals surface area contributed by atoms with E-state index in [1.807, 2.05) is 12.1 Å². The summed E-state index contributed by atoms with van der Waals surface area (Å²) >= 11 is 1.79. The number of ether oxygens (including phenoxy) is 2. The first-order valence-corrected chi connectivity index (χ1v) is 12.5. The van der Waals surface area contributed by atoms with E-state index in [2.05, 4.69) is 101 Å². The summed E-state index contributed by atoms with van der Waals surface area (Å²) in [6.45, 7) is 0. The van der Waals surface area contributed by atoms with Gasteiger partial charge in [0.1, 0.15) is 0 Å². The van der Waals surface area contributed by atoms with Crippen molar-refractivity contribution in [1.82, 2.24) is 4.90 Å². The molecule has 35 heavy (non-hydrogen) atoms. The zero-order valence-corrected chi connectivity index (χ0v) is 20.4. The lowest BCUT2D eigenvalue weighted by Gasteiger charge is -2.48. The number of anilines is 1. The maximum absolute atomic E-state index is 5.78. The molecule has 0 bridgehead atoms. The van der Waals surface area contributed by atoms with E-state index in [4.69, 9.17) is 14.6 Å². The third-order valence-corrected chi connectivity index (χ3v) is 7.60. The lowest BCUT2D eigenvalue weighted by Crippen LogP contribution is -2.56. The number of para-hydroxylation sites is 1. The maximum atomic E-state index is 5.78. The van der Waals surface area contributed by atoms with Crippen LogP contribution in [0.2, 0.25) is 0 Å². The van der Waals surface area contributed by atoms with Crippen molar-refractivity contribution < 1.29 is 9.47 Å². The van der Waals surface area contributed by atoms with Crippen molar-refractivity contribution in [2.45, 2.75) is 10.6 Å². The van der Waals surface area contributed by atoms with E-state index in [1.54, 1.807) is 26.0 Å². The summed E-state index contributed by atoms with van der Waals surface area (Å²) in [4.78, 5) is 3.55. The van der Waals surface area contributed by atoms with E-state index in [0.29, 0.717) is 5.75 Å². The predicted molar refractivity (Wildman–Crippen MR) is 141 cm³/mol. The number of thioether (sulfide) groups is 1. The van der Waals surface area contributed by atoms with Crippen molar-refractivity contribution in [2.75, 3.05) is 25.1 Å². The zero-order valence-electron chi connectivity index (χ0n) is 19.6. The molecular formula is C29H25N3O2S. The van der Waals surface area contributed by atoms with Crippen LogP contribution in [0.15, 0.2) is 113 Å². The van der Waals surface area contributed by atoms with Gasteiger partial charge in [0.05, 0.1) is 25.8 Å². The van der Waals surface area contributed by atoms with Crippen LogP contribution >= 0.6 is 11.8 Å². The lowest BCUT2D eigenvalue weighted by molar-refractivity contribution is 0.257. The smallest absolute Gasteiger partial charge is 0.189 e. The summed E-state index contributed by atoms with van der Waals surface area (Å²) < 4.78 is 11.4. The number of nitrogens with zero attached hydrogens (tertiary/aromatic N) is 3. The number of benzene rings is 4. The number of fused-ring (bicyclic) bond motifs is 3. The fourth-order valence-electron chi connectivity index (χ4n) is 5.01. The predicted octanol–water partition coefficient (Wildman–Crippen LogP) is 6.15. The minimum atomic E-state index is -0.700. The Hall–Kier alpha value is -3.90. The molecule has 2 heterocycles. The Labute approximate surface area is 209 Å². The Morgan fingerprint density at radius 3 is 2.03 bits per heavy atom. The molecule has 1 unspecified atom stereocenters. The van der Waals surface area contributed by atoms with E-state index >= 15 is 0 Å². The van der Waals surface area contributed by atoms with Gasteiger partial charge in [-0.2, -0.15) is 5.10 Å². The van der Waals surface area contributed by atoms with Crippen LogP contribution in [-0.2, 0) is 5.66 Å². The zero-order chi connectivity index (χ0) is 23.8. The second-order valence-corrected chi connectivity index (χ2v) is 9.37. The highest BCUT2D eigenvalue weighted by Crippen LogP contribution is 2.55. The molecule has 0 amide bonds. The van der Waals surface area contributed by atoms with Crippen LogP contribution in [0.1, 0.15) is 16.7 Å². The highest BCUT2D eigenvalue weighted by molar-refractivity contribution is 7.99. The van der Waals surface area contributed by atoms with E-state index in [1.165, 1.54) is 0 Å². The molecule has 0 radical (unpaired) electrons. The third kappa shape index (κ3) is 3.28. The van der Waals surface area contributed by atoms with Crippen molar-refractivity contribution in [1.29, 1.82) is 0 Å². The average molecular weight is 480 g/mol. The molecule has 0 fully saturated rings. The van der Waals surface area contributed by atoms with Gasteiger partial charge in [-0.1, -0.05) is 78.9 Å². The number of amidine groups is 1. The van der Waals surface area contributed by atoms with Gasteiger partial charge in [-0.3, -0.25) is 0 Å². The molecule has 2 aliphatic rings. The van der Waals surface area contributed by atoms with Crippen molar-refractivity contribution in [2.24, 2.45) is 5.10 Å². The van der Waals surface area contributed by atoms with Gasteiger partial charge in [-0.25, -0.2) is 5.01 Å². The SMILES string of the molecule is COc1cc2c(cc1OC)C1(c3ccccc3)N(CS2)C(c2ccccc2)=NN1c1ccccc1. The molecule has 0 saturated carbocycles. The van der Waals surface area contributed by atoms with E-state index in [-0.39, 0.29) is 0 Å². The normalized spacial score (nSPS) is 18.5. The Kier molecular flexibility index (Phi) is 5.38. The average Bonchev–Trinajstić information content (AvgIpc) is 3.30. The molecule has 4 aromatic carbocycles. The number of hydrogen-bond acceptors (Lipinski definition) is 6. The molecule has 0 N–H and O–H groups in total. The Balaban J connectivity index is 1.69. The van der Waals surface area contributed by atoms with Crippen molar-refractivity contribution in [3.63, 3.8) is 0 Å². The minimum Gasteiger partial charge on any atom is -0.493 e. The molecule has 174 valence electrons. The van der Waals surface area contributed by atoms with Crippen molar-refractivity contribution in [3.8, 4) is 11.5 Å². The first-order chi connectivity index (χ1) is 17.3. The van der Waals surface area contributed by atoms with E-state index in [9.17, 15) is 0 Å². The summed E-state index contributed by atoms with van der Waals surface area (Å²) in [6, 6.07) is 35.6. The Morgan fingerprint density at radius 2 is 1.37 bits per heavy atom. The molecular weight excluding hydrogens is 454 g/mol. The highest BCUT2D eigenvalue weighted by Gasteiger charge is 2.55. The Morgan fingerprint density at radius 1 is 0.771 bits per heavy atom. The quantitative estimate of drug-likeness (QED) is 0.343. The molecule has 6 heteroatoms. The topological polar surface area (TPSA) is 37.3 Å². The van der Waals surface area contributed by atoms with Crippen LogP contribution in [-0.4, -0.2) is 30.8 Å². The van der Waals surface area contributed by atoms with Gasteiger partial charge in [-0.15, -0.1) is 11.8 Å². The first-order valence-electron chi connectivity index (χ1n) is 11.5. The number of hydrogen-bond donors (Lipinski definition) is 0. The standard InChI is InChI=1S/C29H25N3O2S/c1-33-25-18-24-27(19-26(25)34-2)35-20-31-28(21-12-6-3-7-13-21)30-32(23-16-10-5-11-17-23)29(24,31)22-14-8-4-9-15-22/h3-19H,20H2,1-2H3. The number of methoxy groups -OCH3 is 2. The number of hydrazone groups is 1. The van der Waals surface area contributed by atoms with Gasteiger partial charge < -0.3 is 14.4 Å². The summed E-state index contributed by atoms with van der Waals surface area (Å²) in [6.07, 6.45) is 0. The van der Waals surface area contributed by atoms with Gasteiger partial charge in [0.25, 0.3) is 0 Å². The van der Waals surface area contributed by atoms with Crippen LogP contribution in [0.25, 0.3) is 0 Å². The highest BCUT2D eigenvalue weighted by atomic mass is 32.2. The molecule has 5 nitrogen and oxygen atoms in total. The molecule has 0 spiro atoms.